The zero-order valence-corrected chi connectivity index (χ0v) is 16.6. The maximum absolute atomic E-state index is 10.2. The third kappa shape index (κ3) is 4.22. The summed E-state index contributed by atoms with van der Waals surface area (Å²) in [5, 5.41) is 21.4. The van der Waals surface area contributed by atoms with Gasteiger partial charge in [0.2, 0.25) is 0 Å². The van der Waals surface area contributed by atoms with E-state index in [1.165, 1.54) is 6.42 Å². The van der Waals surface area contributed by atoms with Crippen LogP contribution < -0.4 is 10.6 Å². The minimum absolute atomic E-state index is 0.222. The fraction of sp³-hybridized carbons (Fsp3) is 0.421. The third-order valence-electron chi connectivity index (χ3n) is 5.04. The van der Waals surface area contributed by atoms with Crippen molar-refractivity contribution in [2.24, 2.45) is 5.92 Å². The molecule has 0 bridgehead atoms. The summed E-state index contributed by atoms with van der Waals surface area (Å²) in [6, 6.07) is 5.91. The molecule has 3 aromatic rings. The number of nitrogens with one attached hydrogen (secondary N) is 2. The highest BCUT2D eigenvalue weighted by Gasteiger charge is 2.23. The molecule has 4 rings (SSSR count). The summed E-state index contributed by atoms with van der Waals surface area (Å²) in [6.45, 7) is 1.36. The van der Waals surface area contributed by atoms with Crippen molar-refractivity contribution in [1.29, 1.82) is 0 Å². The zero-order chi connectivity index (χ0) is 18.6. The first kappa shape index (κ1) is 18.2. The molecule has 8 heteroatoms. The minimum atomic E-state index is -0.222. The average Bonchev–Trinajstić information content (AvgIpc) is 3.07. The van der Waals surface area contributed by atoms with Crippen LogP contribution in [0.5, 0.6) is 0 Å². The van der Waals surface area contributed by atoms with Gasteiger partial charge in [-0.2, -0.15) is 9.61 Å². The summed E-state index contributed by atoms with van der Waals surface area (Å²) in [5.41, 5.74) is 1.84. The van der Waals surface area contributed by atoms with Gasteiger partial charge in [-0.3, -0.25) is 4.98 Å². The van der Waals surface area contributed by atoms with Gasteiger partial charge in [0.1, 0.15) is 11.6 Å². The molecule has 0 saturated heterocycles. The Hall–Kier alpha value is -2.19. The second kappa shape index (κ2) is 8.22. The summed E-state index contributed by atoms with van der Waals surface area (Å²) in [4.78, 5) is 8.82. The highest BCUT2D eigenvalue weighted by Crippen LogP contribution is 2.26. The van der Waals surface area contributed by atoms with Crippen molar-refractivity contribution >= 4 is 33.2 Å². The molecule has 2 unspecified atom stereocenters. The van der Waals surface area contributed by atoms with Crippen LogP contribution in [0.25, 0.3) is 5.65 Å². The van der Waals surface area contributed by atoms with Crippen molar-refractivity contribution in [1.82, 2.24) is 19.6 Å². The predicted molar refractivity (Wildman–Crippen MR) is 109 cm³/mol. The highest BCUT2D eigenvalue weighted by atomic mass is 79.9. The Morgan fingerprint density at radius 1 is 1.22 bits per heavy atom. The molecule has 27 heavy (non-hydrogen) atoms. The van der Waals surface area contributed by atoms with Gasteiger partial charge in [-0.15, -0.1) is 0 Å². The van der Waals surface area contributed by atoms with Gasteiger partial charge in [0.15, 0.2) is 5.65 Å². The summed E-state index contributed by atoms with van der Waals surface area (Å²) >= 11 is 3.52. The van der Waals surface area contributed by atoms with Crippen LogP contribution in [0.3, 0.4) is 0 Å². The molecule has 3 heterocycles. The zero-order valence-electron chi connectivity index (χ0n) is 15.0. The topological polar surface area (TPSA) is 87.4 Å². The van der Waals surface area contributed by atoms with Gasteiger partial charge < -0.3 is 15.7 Å². The van der Waals surface area contributed by atoms with Gasteiger partial charge >= 0.3 is 0 Å². The molecular weight excluding hydrogens is 408 g/mol. The first-order chi connectivity index (χ1) is 13.2. The molecule has 2 atom stereocenters. The van der Waals surface area contributed by atoms with E-state index in [0.717, 1.165) is 53.1 Å². The Labute approximate surface area is 166 Å². The molecular formula is C19H23BrN6O. The van der Waals surface area contributed by atoms with E-state index in [0.29, 0.717) is 6.54 Å². The molecule has 7 nitrogen and oxygen atoms in total. The SMILES string of the molecule is OC1CCCCC1CNc1cc(NCc2cccnc2)n2ncc(Br)c2n1. The molecule has 3 N–H and O–H groups in total. The van der Waals surface area contributed by atoms with Crippen LogP contribution in [-0.4, -0.2) is 37.3 Å². The number of anilines is 2. The van der Waals surface area contributed by atoms with Crippen LogP contribution in [0.15, 0.2) is 41.3 Å². The molecule has 142 valence electrons. The number of rotatable bonds is 6. The number of hydrogen-bond donors (Lipinski definition) is 3. The smallest absolute Gasteiger partial charge is 0.173 e. The summed E-state index contributed by atoms with van der Waals surface area (Å²) in [6.07, 6.45) is 9.37. The minimum Gasteiger partial charge on any atom is -0.393 e. The first-order valence-corrected chi connectivity index (χ1v) is 10.1. The fourth-order valence-corrected chi connectivity index (χ4v) is 3.86. The Morgan fingerprint density at radius 2 is 2.11 bits per heavy atom. The second-order valence-corrected chi connectivity index (χ2v) is 7.82. The first-order valence-electron chi connectivity index (χ1n) is 9.29. The highest BCUT2D eigenvalue weighted by molar-refractivity contribution is 9.10. The second-order valence-electron chi connectivity index (χ2n) is 6.96. The maximum Gasteiger partial charge on any atom is 0.173 e. The van der Waals surface area contributed by atoms with Gasteiger partial charge in [0, 0.05) is 37.5 Å². The number of nitrogens with zero attached hydrogens (tertiary/aromatic N) is 4. The third-order valence-corrected chi connectivity index (χ3v) is 5.60. The van der Waals surface area contributed by atoms with Gasteiger partial charge in [0.05, 0.1) is 16.8 Å². The Morgan fingerprint density at radius 3 is 2.93 bits per heavy atom. The summed E-state index contributed by atoms with van der Waals surface area (Å²) < 4.78 is 2.62. The van der Waals surface area contributed by atoms with Crippen LogP contribution in [0.2, 0.25) is 0 Å². The number of hydrogen-bond acceptors (Lipinski definition) is 6. The van der Waals surface area contributed by atoms with E-state index in [9.17, 15) is 5.11 Å². The van der Waals surface area contributed by atoms with E-state index in [4.69, 9.17) is 0 Å². The lowest BCUT2D eigenvalue weighted by Crippen LogP contribution is -2.30. The van der Waals surface area contributed by atoms with Crippen molar-refractivity contribution in [3.63, 3.8) is 0 Å². The molecule has 0 aromatic carbocycles. The van der Waals surface area contributed by atoms with Crippen LogP contribution in [0, 0.1) is 5.92 Å². The standard InChI is InChI=1S/C19H23BrN6O/c20-15-12-24-26-18(23-10-13-4-3-7-21-9-13)8-17(25-19(15)26)22-11-14-5-1-2-6-16(14)27/h3-4,7-9,12,14,16,23,27H,1-2,5-6,10-11H2,(H,22,25). The maximum atomic E-state index is 10.2. The van der Waals surface area contributed by atoms with Gasteiger partial charge in [-0.1, -0.05) is 18.9 Å². The molecule has 3 aromatic heterocycles. The molecule has 1 aliphatic carbocycles. The lowest BCUT2D eigenvalue weighted by atomic mass is 9.86. The van der Waals surface area contributed by atoms with Crippen molar-refractivity contribution < 1.29 is 5.11 Å². The molecule has 0 radical (unpaired) electrons. The van der Waals surface area contributed by atoms with Gasteiger partial charge in [-0.25, -0.2) is 4.98 Å². The lowest BCUT2D eigenvalue weighted by Gasteiger charge is -2.27. The fourth-order valence-electron chi connectivity index (χ4n) is 3.51. The Balaban J connectivity index is 1.53. The monoisotopic (exact) mass is 430 g/mol. The van der Waals surface area contributed by atoms with E-state index in [2.05, 4.69) is 41.6 Å². The van der Waals surface area contributed by atoms with E-state index in [-0.39, 0.29) is 12.0 Å². The van der Waals surface area contributed by atoms with E-state index in [1.54, 1.807) is 16.9 Å². The van der Waals surface area contributed by atoms with Gasteiger partial charge in [0.25, 0.3) is 0 Å². The van der Waals surface area contributed by atoms with Crippen molar-refractivity contribution in [2.45, 2.75) is 38.3 Å². The molecule has 0 amide bonds. The number of fused-ring (bicyclic) bond motifs is 1. The van der Waals surface area contributed by atoms with E-state index >= 15 is 0 Å². The number of aliphatic hydroxyl groups is 1. The lowest BCUT2D eigenvalue weighted by molar-refractivity contribution is 0.0763. The van der Waals surface area contributed by atoms with E-state index < -0.39 is 0 Å². The Bertz CT molecular complexity index is 900. The quantitative estimate of drug-likeness (QED) is 0.554. The number of aliphatic hydroxyl groups excluding tert-OH is 1. The largest absolute Gasteiger partial charge is 0.393 e. The van der Waals surface area contributed by atoms with Crippen LogP contribution in [-0.2, 0) is 6.54 Å². The van der Waals surface area contributed by atoms with Crippen molar-refractivity contribution in [2.75, 3.05) is 17.2 Å². The molecule has 0 spiro atoms. The van der Waals surface area contributed by atoms with Crippen molar-refractivity contribution in [3.05, 3.63) is 46.8 Å². The number of pyridine rings is 1. The van der Waals surface area contributed by atoms with Gasteiger partial charge in [-0.05, 0) is 40.4 Å². The number of halogens is 1. The van der Waals surface area contributed by atoms with E-state index in [1.807, 2.05) is 24.4 Å². The molecule has 1 aliphatic rings. The summed E-state index contributed by atoms with van der Waals surface area (Å²) in [7, 11) is 0. The summed E-state index contributed by atoms with van der Waals surface area (Å²) in [5.74, 6) is 1.90. The molecule has 1 saturated carbocycles. The molecule has 1 fully saturated rings. The average molecular weight is 431 g/mol. The van der Waals surface area contributed by atoms with Crippen LogP contribution in [0.4, 0.5) is 11.6 Å². The Kier molecular flexibility index (Phi) is 5.54. The van der Waals surface area contributed by atoms with Crippen LogP contribution in [0.1, 0.15) is 31.2 Å². The molecule has 0 aliphatic heterocycles. The van der Waals surface area contributed by atoms with Crippen LogP contribution >= 0.6 is 15.9 Å². The normalized spacial score (nSPS) is 19.9. The van der Waals surface area contributed by atoms with Crippen molar-refractivity contribution in [3.8, 4) is 0 Å². The predicted octanol–water partition coefficient (Wildman–Crippen LogP) is 3.46. The number of aromatic nitrogens is 4.